The third-order valence-corrected chi connectivity index (χ3v) is 3.42. The Bertz CT molecular complexity index is 422. The lowest BCUT2D eigenvalue weighted by atomic mass is 9.88. The van der Waals surface area contributed by atoms with Gasteiger partial charge in [0.1, 0.15) is 11.6 Å². The van der Waals surface area contributed by atoms with Crippen LogP contribution >= 0.6 is 15.9 Å². The van der Waals surface area contributed by atoms with E-state index in [-0.39, 0.29) is 5.82 Å². The molecule has 0 spiro atoms. The second-order valence-electron chi connectivity index (χ2n) is 4.07. The van der Waals surface area contributed by atoms with Crippen LogP contribution in [0.5, 0.6) is 0 Å². The lowest BCUT2D eigenvalue weighted by molar-refractivity contribution is 0.356. The molecule has 0 unspecified atom stereocenters. The molecule has 2 rings (SSSR count). The predicted molar refractivity (Wildman–Crippen MR) is 66.6 cm³/mol. The van der Waals surface area contributed by atoms with Crippen molar-refractivity contribution < 1.29 is 9.13 Å². The Morgan fingerprint density at radius 2 is 2.06 bits per heavy atom. The van der Waals surface area contributed by atoms with Crippen molar-refractivity contribution >= 4 is 21.7 Å². The minimum Gasteiger partial charge on any atom is -0.496 e. The topological polar surface area (TPSA) is 9.23 Å². The Morgan fingerprint density at radius 1 is 1.38 bits per heavy atom. The van der Waals surface area contributed by atoms with Crippen molar-refractivity contribution in [3.63, 3.8) is 0 Å². The molecule has 1 saturated carbocycles. The van der Waals surface area contributed by atoms with Crippen molar-refractivity contribution in [2.45, 2.75) is 26.2 Å². The molecular formula is C13H14BrFO. The largest absolute Gasteiger partial charge is 0.496 e. The highest BCUT2D eigenvalue weighted by molar-refractivity contribution is 9.10. The Morgan fingerprint density at radius 3 is 2.50 bits per heavy atom. The van der Waals surface area contributed by atoms with Gasteiger partial charge in [0.15, 0.2) is 0 Å². The number of rotatable bonds is 2. The van der Waals surface area contributed by atoms with Crippen molar-refractivity contribution in [1.82, 2.24) is 0 Å². The van der Waals surface area contributed by atoms with Gasteiger partial charge in [-0.05, 0) is 49.5 Å². The van der Waals surface area contributed by atoms with Crippen molar-refractivity contribution in [3.05, 3.63) is 39.1 Å². The van der Waals surface area contributed by atoms with E-state index in [2.05, 4.69) is 15.9 Å². The zero-order chi connectivity index (χ0) is 11.7. The fourth-order valence-electron chi connectivity index (χ4n) is 1.99. The average Bonchev–Trinajstić information content (AvgIpc) is 2.11. The predicted octanol–water partition coefficient (Wildman–Crippen LogP) is 4.44. The van der Waals surface area contributed by atoms with Gasteiger partial charge >= 0.3 is 0 Å². The maximum Gasteiger partial charge on any atom is 0.135 e. The van der Waals surface area contributed by atoms with Gasteiger partial charge in [-0.3, -0.25) is 0 Å². The zero-order valence-electron chi connectivity index (χ0n) is 9.44. The quantitative estimate of drug-likeness (QED) is 0.730. The Labute approximate surface area is 103 Å². The number of ether oxygens (including phenoxy) is 1. The first-order valence-corrected chi connectivity index (χ1v) is 6.15. The number of allylic oxidation sites excluding steroid dienone is 1. The van der Waals surface area contributed by atoms with Crippen molar-refractivity contribution in [1.29, 1.82) is 0 Å². The molecule has 1 aromatic rings. The van der Waals surface area contributed by atoms with Crippen LogP contribution in [0, 0.1) is 12.7 Å². The highest BCUT2D eigenvalue weighted by Crippen LogP contribution is 2.36. The summed E-state index contributed by atoms with van der Waals surface area (Å²) < 4.78 is 20.1. The maximum absolute atomic E-state index is 13.9. The van der Waals surface area contributed by atoms with Gasteiger partial charge in [-0.25, -0.2) is 4.39 Å². The van der Waals surface area contributed by atoms with Gasteiger partial charge in [-0.1, -0.05) is 15.9 Å². The summed E-state index contributed by atoms with van der Waals surface area (Å²) in [6, 6.07) is 3.40. The average molecular weight is 285 g/mol. The molecule has 1 aromatic carbocycles. The van der Waals surface area contributed by atoms with Crippen LogP contribution < -0.4 is 0 Å². The Balaban J connectivity index is 2.54. The molecule has 0 aliphatic heterocycles. The molecule has 1 fully saturated rings. The van der Waals surface area contributed by atoms with Gasteiger partial charge < -0.3 is 4.74 Å². The number of hydrogen-bond acceptors (Lipinski definition) is 1. The third-order valence-electron chi connectivity index (χ3n) is 2.96. The fraction of sp³-hybridized carbons (Fsp3) is 0.385. The molecule has 0 saturated heterocycles. The zero-order valence-corrected chi connectivity index (χ0v) is 11.0. The van der Waals surface area contributed by atoms with Crippen molar-refractivity contribution in [2.75, 3.05) is 7.11 Å². The Kier molecular flexibility index (Phi) is 3.33. The summed E-state index contributed by atoms with van der Waals surface area (Å²) in [7, 11) is 1.61. The first-order chi connectivity index (χ1) is 7.63. The summed E-state index contributed by atoms with van der Waals surface area (Å²) >= 11 is 3.29. The standard InChI is InChI=1S/C13H14BrFO/c1-8-6-10(14)7-11(15)12(8)13(16-2)9-4-3-5-9/h6-7H,3-5H2,1-2H3. The molecule has 0 atom stereocenters. The van der Waals surface area contributed by atoms with E-state index >= 15 is 0 Å². The fourth-order valence-corrected chi connectivity index (χ4v) is 2.54. The van der Waals surface area contributed by atoms with Crippen LogP contribution in [0.3, 0.4) is 0 Å². The maximum atomic E-state index is 13.9. The number of aryl methyl sites for hydroxylation is 1. The smallest absolute Gasteiger partial charge is 0.135 e. The molecule has 0 bridgehead atoms. The molecular weight excluding hydrogens is 271 g/mol. The molecule has 0 aromatic heterocycles. The van der Waals surface area contributed by atoms with Gasteiger partial charge in [0.25, 0.3) is 0 Å². The highest BCUT2D eigenvalue weighted by atomic mass is 79.9. The van der Waals surface area contributed by atoms with Crippen LogP contribution in [-0.2, 0) is 4.74 Å². The van der Waals surface area contributed by atoms with E-state index < -0.39 is 0 Å². The number of benzene rings is 1. The van der Waals surface area contributed by atoms with Gasteiger partial charge in [0, 0.05) is 4.47 Å². The summed E-state index contributed by atoms with van der Waals surface area (Å²) in [6.07, 6.45) is 3.23. The first kappa shape index (κ1) is 11.6. The van der Waals surface area contributed by atoms with E-state index in [9.17, 15) is 4.39 Å². The lowest BCUT2D eigenvalue weighted by Crippen LogP contribution is -2.06. The van der Waals surface area contributed by atoms with Gasteiger partial charge in [0.05, 0.1) is 12.7 Å². The van der Waals surface area contributed by atoms with Crippen LogP contribution in [-0.4, -0.2) is 7.11 Å². The molecule has 16 heavy (non-hydrogen) atoms. The van der Waals surface area contributed by atoms with Crippen LogP contribution in [0.2, 0.25) is 0 Å². The second-order valence-corrected chi connectivity index (χ2v) is 4.99. The monoisotopic (exact) mass is 284 g/mol. The summed E-state index contributed by atoms with van der Waals surface area (Å²) in [5, 5.41) is 0. The molecule has 0 amide bonds. The summed E-state index contributed by atoms with van der Waals surface area (Å²) in [4.78, 5) is 0. The molecule has 1 aliphatic carbocycles. The van der Waals surface area contributed by atoms with Crippen LogP contribution in [0.15, 0.2) is 22.2 Å². The molecule has 86 valence electrons. The molecule has 0 N–H and O–H groups in total. The van der Waals surface area contributed by atoms with Crippen LogP contribution in [0.25, 0.3) is 5.76 Å². The number of methoxy groups -OCH3 is 1. The summed E-state index contributed by atoms with van der Waals surface area (Å²) in [6.45, 7) is 1.90. The van der Waals surface area contributed by atoms with E-state index in [0.717, 1.165) is 28.6 Å². The van der Waals surface area contributed by atoms with E-state index in [1.165, 1.54) is 18.1 Å². The van der Waals surface area contributed by atoms with E-state index in [1.807, 2.05) is 13.0 Å². The molecule has 1 nitrogen and oxygen atoms in total. The number of halogens is 2. The number of hydrogen-bond donors (Lipinski definition) is 0. The first-order valence-electron chi connectivity index (χ1n) is 5.35. The van der Waals surface area contributed by atoms with E-state index in [1.54, 1.807) is 7.11 Å². The van der Waals surface area contributed by atoms with Crippen molar-refractivity contribution in [3.8, 4) is 0 Å². The third kappa shape index (κ3) is 2.01. The minimum atomic E-state index is -0.219. The van der Waals surface area contributed by atoms with Crippen LogP contribution in [0.1, 0.15) is 30.4 Å². The normalized spacial score (nSPS) is 14.6. The minimum absolute atomic E-state index is 0.219. The molecule has 3 heteroatoms. The Hall–Kier alpha value is -0.830. The lowest BCUT2D eigenvalue weighted by Gasteiger charge is -2.22. The molecule has 0 radical (unpaired) electrons. The van der Waals surface area contributed by atoms with Gasteiger partial charge in [-0.2, -0.15) is 0 Å². The van der Waals surface area contributed by atoms with Gasteiger partial charge in [0.2, 0.25) is 0 Å². The SMILES string of the molecule is COC(=C1CCC1)c1c(C)cc(Br)cc1F. The molecule has 1 aliphatic rings. The molecule has 0 heterocycles. The van der Waals surface area contributed by atoms with E-state index in [4.69, 9.17) is 4.74 Å². The second kappa shape index (κ2) is 4.58. The summed E-state index contributed by atoms with van der Waals surface area (Å²) in [5.41, 5.74) is 2.75. The highest BCUT2D eigenvalue weighted by Gasteiger charge is 2.21. The van der Waals surface area contributed by atoms with Gasteiger partial charge in [-0.15, -0.1) is 0 Å². The van der Waals surface area contributed by atoms with Crippen molar-refractivity contribution in [2.24, 2.45) is 0 Å². The van der Waals surface area contributed by atoms with Crippen LogP contribution in [0.4, 0.5) is 4.39 Å². The summed E-state index contributed by atoms with van der Waals surface area (Å²) in [5.74, 6) is 0.511. The van der Waals surface area contributed by atoms with E-state index in [0.29, 0.717) is 5.56 Å².